The first kappa shape index (κ1) is 24.9. The number of ether oxygens (including phenoxy) is 1. The Balaban J connectivity index is 1.78. The summed E-state index contributed by atoms with van der Waals surface area (Å²) in [6, 6.07) is 38.0. The molecule has 1 atom stereocenters. The van der Waals surface area contributed by atoms with E-state index in [9.17, 15) is 14.7 Å². The Morgan fingerprint density at radius 3 is 1.53 bits per heavy atom. The highest BCUT2D eigenvalue weighted by atomic mass is 16.5. The van der Waals surface area contributed by atoms with E-state index in [2.05, 4.69) is 5.32 Å². The number of carbonyl (C=O) groups excluding carboxylic acids is 2. The van der Waals surface area contributed by atoms with Gasteiger partial charge in [0.1, 0.15) is 12.6 Å². The van der Waals surface area contributed by atoms with Crippen LogP contribution in [-0.4, -0.2) is 18.0 Å². The molecule has 0 heterocycles. The zero-order valence-electron chi connectivity index (χ0n) is 19.9. The van der Waals surface area contributed by atoms with Crippen molar-refractivity contribution in [3.8, 4) is 0 Å². The van der Waals surface area contributed by atoms with E-state index in [-0.39, 0.29) is 19.4 Å². The van der Waals surface area contributed by atoms with Gasteiger partial charge in [-0.25, -0.2) is 0 Å². The van der Waals surface area contributed by atoms with E-state index in [0.717, 1.165) is 22.3 Å². The average molecular weight is 479 g/mol. The SMILES string of the molecule is O=C([O-])CC[C@H](NC(c1ccccc1)(c1ccccc1)c1ccccc1)C(=O)OCc1ccccc1. The van der Waals surface area contributed by atoms with Crippen LogP contribution in [0, 0.1) is 0 Å². The number of hydrogen-bond donors (Lipinski definition) is 1. The van der Waals surface area contributed by atoms with Crippen molar-refractivity contribution in [1.29, 1.82) is 0 Å². The zero-order valence-corrected chi connectivity index (χ0v) is 19.9. The van der Waals surface area contributed by atoms with Crippen molar-refractivity contribution < 1.29 is 19.4 Å². The largest absolute Gasteiger partial charge is 0.550 e. The van der Waals surface area contributed by atoms with Gasteiger partial charge in [-0.2, -0.15) is 0 Å². The monoisotopic (exact) mass is 478 g/mol. The molecule has 0 amide bonds. The van der Waals surface area contributed by atoms with Gasteiger partial charge in [-0.05, 0) is 35.1 Å². The Morgan fingerprint density at radius 1 is 0.694 bits per heavy atom. The van der Waals surface area contributed by atoms with Crippen molar-refractivity contribution in [3.63, 3.8) is 0 Å². The molecule has 5 heteroatoms. The molecular formula is C31H28NO4-. The van der Waals surface area contributed by atoms with Gasteiger partial charge in [0.05, 0.1) is 5.54 Å². The number of hydrogen-bond acceptors (Lipinski definition) is 5. The zero-order chi connectivity index (χ0) is 25.2. The standard InChI is InChI=1S/C31H29NO4/c33-29(34)22-21-28(30(35)36-23-24-13-5-1-6-14-24)32-31(25-15-7-2-8-16-25,26-17-9-3-10-18-26)27-19-11-4-12-20-27/h1-20,28,32H,21-23H2,(H,33,34)/p-1/t28-/m0/s1. The van der Waals surface area contributed by atoms with Gasteiger partial charge in [0, 0.05) is 5.97 Å². The highest BCUT2D eigenvalue weighted by Gasteiger charge is 2.40. The van der Waals surface area contributed by atoms with Gasteiger partial charge in [-0.3, -0.25) is 10.1 Å². The third kappa shape index (κ3) is 5.88. The Morgan fingerprint density at radius 2 is 1.11 bits per heavy atom. The quantitative estimate of drug-likeness (QED) is 0.258. The summed E-state index contributed by atoms with van der Waals surface area (Å²) in [5, 5.41) is 14.9. The molecule has 182 valence electrons. The molecule has 0 bridgehead atoms. The first-order chi connectivity index (χ1) is 17.6. The fraction of sp³-hybridized carbons (Fsp3) is 0.161. The normalized spacial score (nSPS) is 12.0. The third-order valence-corrected chi connectivity index (χ3v) is 6.16. The number of carboxylic acid groups (broad SMARTS) is 1. The molecule has 4 aromatic carbocycles. The van der Waals surface area contributed by atoms with Crippen LogP contribution in [0.1, 0.15) is 35.1 Å². The molecule has 0 spiro atoms. The summed E-state index contributed by atoms with van der Waals surface area (Å²) in [7, 11) is 0. The third-order valence-electron chi connectivity index (χ3n) is 6.16. The fourth-order valence-corrected chi connectivity index (χ4v) is 4.42. The summed E-state index contributed by atoms with van der Waals surface area (Å²) in [5.74, 6) is -1.74. The number of nitrogens with one attached hydrogen (secondary N) is 1. The smallest absolute Gasteiger partial charge is 0.323 e. The molecule has 0 saturated carbocycles. The van der Waals surface area contributed by atoms with Crippen molar-refractivity contribution in [2.75, 3.05) is 0 Å². The Kier molecular flexibility index (Phi) is 8.27. The van der Waals surface area contributed by atoms with Crippen LogP contribution in [-0.2, 0) is 26.5 Å². The molecular weight excluding hydrogens is 450 g/mol. The second-order valence-electron chi connectivity index (χ2n) is 8.55. The minimum absolute atomic E-state index is 0.0181. The topological polar surface area (TPSA) is 78.5 Å². The van der Waals surface area contributed by atoms with Crippen LogP contribution >= 0.6 is 0 Å². The molecule has 0 aliphatic heterocycles. The van der Waals surface area contributed by atoms with Gasteiger partial charge in [0.25, 0.3) is 0 Å². The number of carboxylic acids is 1. The van der Waals surface area contributed by atoms with Crippen molar-refractivity contribution in [2.45, 2.75) is 31.0 Å². The maximum atomic E-state index is 13.4. The van der Waals surface area contributed by atoms with Gasteiger partial charge in [-0.15, -0.1) is 0 Å². The highest BCUT2D eigenvalue weighted by molar-refractivity contribution is 5.77. The molecule has 0 saturated heterocycles. The van der Waals surface area contributed by atoms with E-state index < -0.39 is 23.5 Å². The second-order valence-corrected chi connectivity index (χ2v) is 8.55. The van der Waals surface area contributed by atoms with E-state index >= 15 is 0 Å². The lowest BCUT2D eigenvalue weighted by atomic mass is 9.76. The number of carbonyl (C=O) groups is 2. The average Bonchev–Trinajstić information content (AvgIpc) is 2.94. The summed E-state index contributed by atoms with van der Waals surface area (Å²) >= 11 is 0. The predicted molar refractivity (Wildman–Crippen MR) is 137 cm³/mol. The lowest BCUT2D eigenvalue weighted by molar-refractivity contribution is -0.305. The van der Waals surface area contributed by atoms with E-state index in [4.69, 9.17) is 4.74 Å². The van der Waals surface area contributed by atoms with Crippen molar-refractivity contribution in [1.82, 2.24) is 5.32 Å². The Bertz CT molecular complexity index is 1150. The lowest BCUT2D eigenvalue weighted by Crippen LogP contribution is -2.53. The minimum Gasteiger partial charge on any atom is -0.550 e. The van der Waals surface area contributed by atoms with Gasteiger partial charge < -0.3 is 14.6 Å². The van der Waals surface area contributed by atoms with Gasteiger partial charge >= 0.3 is 5.97 Å². The first-order valence-corrected chi connectivity index (χ1v) is 11.9. The molecule has 0 radical (unpaired) electrons. The molecule has 36 heavy (non-hydrogen) atoms. The molecule has 0 fully saturated rings. The van der Waals surface area contributed by atoms with Crippen molar-refractivity contribution in [2.24, 2.45) is 0 Å². The molecule has 0 aliphatic carbocycles. The minimum atomic E-state index is -1.22. The second kappa shape index (κ2) is 12.0. The maximum Gasteiger partial charge on any atom is 0.323 e. The van der Waals surface area contributed by atoms with Gasteiger partial charge in [0.15, 0.2) is 0 Å². The summed E-state index contributed by atoms with van der Waals surface area (Å²) in [6.45, 7) is 0.0954. The van der Waals surface area contributed by atoms with E-state index in [1.54, 1.807) is 0 Å². The highest BCUT2D eigenvalue weighted by Crippen LogP contribution is 2.37. The maximum absolute atomic E-state index is 13.4. The van der Waals surface area contributed by atoms with Crippen LogP contribution in [0.5, 0.6) is 0 Å². The molecule has 1 N–H and O–H groups in total. The van der Waals surface area contributed by atoms with Crippen LogP contribution in [0.3, 0.4) is 0 Å². The molecule has 4 rings (SSSR count). The van der Waals surface area contributed by atoms with E-state index in [0.29, 0.717) is 0 Å². The fourth-order valence-electron chi connectivity index (χ4n) is 4.42. The van der Waals surface area contributed by atoms with Gasteiger partial charge in [0.2, 0.25) is 0 Å². The Labute approximate surface area is 211 Å². The number of aliphatic carboxylic acids is 1. The number of esters is 1. The van der Waals surface area contributed by atoms with Gasteiger partial charge in [-0.1, -0.05) is 121 Å². The van der Waals surface area contributed by atoms with Crippen LogP contribution < -0.4 is 10.4 Å². The molecule has 5 nitrogen and oxygen atoms in total. The lowest BCUT2D eigenvalue weighted by Gasteiger charge is -2.39. The Hall–Kier alpha value is -4.22. The summed E-state index contributed by atoms with van der Waals surface area (Å²) in [5.41, 5.74) is 2.65. The van der Waals surface area contributed by atoms with Crippen LogP contribution in [0.15, 0.2) is 121 Å². The van der Waals surface area contributed by atoms with E-state index in [1.807, 2.05) is 121 Å². The number of benzene rings is 4. The predicted octanol–water partition coefficient (Wildman–Crippen LogP) is 4.21. The summed E-state index contributed by atoms with van der Waals surface area (Å²) in [6.07, 6.45) is -0.267. The number of rotatable bonds is 11. The van der Waals surface area contributed by atoms with Crippen molar-refractivity contribution in [3.05, 3.63) is 144 Å². The molecule has 0 unspecified atom stereocenters. The summed E-state index contributed by atoms with van der Waals surface area (Å²) in [4.78, 5) is 24.8. The summed E-state index contributed by atoms with van der Waals surface area (Å²) < 4.78 is 5.66. The first-order valence-electron chi connectivity index (χ1n) is 11.9. The van der Waals surface area contributed by atoms with Crippen LogP contribution in [0.2, 0.25) is 0 Å². The van der Waals surface area contributed by atoms with Crippen LogP contribution in [0.4, 0.5) is 0 Å². The van der Waals surface area contributed by atoms with Crippen LogP contribution in [0.25, 0.3) is 0 Å². The van der Waals surface area contributed by atoms with Crippen molar-refractivity contribution >= 4 is 11.9 Å². The molecule has 4 aromatic rings. The molecule has 0 aliphatic rings. The van der Waals surface area contributed by atoms with E-state index in [1.165, 1.54) is 0 Å². The molecule has 0 aromatic heterocycles.